The molecule has 0 rings (SSSR count). The molecule has 0 saturated carbocycles. The van der Waals surface area contributed by atoms with E-state index >= 15 is 0 Å². The van der Waals surface area contributed by atoms with Gasteiger partial charge in [-0.2, -0.15) is 0 Å². The van der Waals surface area contributed by atoms with E-state index in [-0.39, 0.29) is 5.97 Å². The summed E-state index contributed by atoms with van der Waals surface area (Å²) in [4.78, 5) is 10.9. The van der Waals surface area contributed by atoms with Gasteiger partial charge in [0.05, 0.1) is 14.6 Å². The Hall–Kier alpha value is -1.35. The molecule has 0 aliphatic rings. The van der Waals surface area contributed by atoms with Crippen LogP contribution in [0.4, 0.5) is 0 Å². The predicted molar refractivity (Wildman–Crippen MR) is 92.7 cm³/mol. The van der Waals surface area contributed by atoms with Crippen LogP contribution in [0.3, 0.4) is 0 Å². The van der Waals surface area contributed by atoms with Crippen LogP contribution < -0.4 is 0 Å². The van der Waals surface area contributed by atoms with Crippen molar-refractivity contribution in [1.29, 1.82) is 0 Å². The van der Waals surface area contributed by atoms with E-state index in [1.54, 1.807) is 6.08 Å². The number of hydrogen-bond donors (Lipinski definition) is 1. The third kappa shape index (κ3) is 15.0. The molecule has 0 unspecified atom stereocenters. The molecule has 0 spiro atoms. The summed E-state index contributed by atoms with van der Waals surface area (Å²) in [5, 5.41) is 9.84. The lowest BCUT2D eigenvalue weighted by molar-refractivity contribution is -0.140. The van der Waals surface area contributed by atoms with Crippen LogP contribution >= 0.6 is 0 Å². The average Bonchev–Trinajstić information content (AvgIpc) is 2.52. The number of methoxy groups -OCH3 is 1. The Bertz CT molecular complexity index is 384. The second-order valence-electron chi connectivity index (χ2n) is 5.25. The zero-order valence-electron chi connectivity index (χ0n) is 15.1. The summed E-state index contributed by atoms with van der Waals surface area (Å²) in [6.45, 7) is 2.15. The molecule has 126 valence electrons. The summed E-state index contributed by atoms with van der Waals surface area (Å²) < 4.78 is 12.3. The fraction of sp³-hybridized carbons (Fsp3) is 0.632. The van der Waals surface area contributed by atoms with Gasteiger partial charge in [-0.1, -0.05) is 56.2 Å². The zero-order valence-corrected chi connectivity index (χ0v) is 14.1. The van der Waals surface area contributed by atoms with Crippen molar-refractivity contribution >= 4 is 5.97 Å². The van der Waals surface area contributed by atoms with Crippen molar-refractivity contribution in [3.8, 4) is 0 Å². The Balaban J connectivity index is 3.77. The van der Waals surface area contributed by atoms with Crippen molar-refractivity contribution in [2.45, 2.75) is 70.8 Å². The molecule has 0 bridgehead atoms. The second kappa shape index (κ2) is 16.0. The minimum absolute atomic E-state index is 0.158. The summed E-state index contributed by atoms with van der Waals surface area (Å²) >= 11 is 0. The van der Waals surface area contributed by atoms with E-state index in [0.29, 0.717) is 12.8 Å². The van der Waals surface area contributed by atoms with Crippen LogP contribution in [0.1, 0.15) is 66.1 Å². The van der Waals surface area contributed by atoms with Gasteiger partial charge in [0.15, 0.2) is 0 Å². The molecule has 0 aliphatic heterocycles. The van der Waals surface area contributed by atoms with Crippen molar-refractivity contribution in [3.63, 3.8) is 0 Å². The molecule has 0 aromatic heterocycles. The third-order valence-electron chi connectivity index (χ3n) is 3.22. The number of carbonyl (C=O) groups is 1. The molecule has 3 heteroatoms. The van der Waals surface area contributed by atoms with Crippen LogP contribution in [0.5, 0.6) is 0 Å². The molecule has 0 amide bonds. The number of allylic oxidation sites excluding steroid dienone is 4. The van der Waals surface area contributed by atoms with Gasteiger partial charge >= 0.3 is 5.97 Å². The predicted octanol–water partition coefficient (Wildman–Crippen LogP) is 4.72. The number of hydrogen-bond acceptors (Lipinski definition) is 3. The summed E-state index contributed by atoms with van der Waals surface area (Å²) in [6.07, 6.45) is 17.4. The monoisotopic (exact) mass is 309 g/mol. The molecule has 0 heterocycles. The van der Waals surface area contributed by atoms with Crippen LogP contribution in [-0.2, 0) is 9.53 Å². The van der Waals surface area contributed by atoms with E-state index < -0.39 is 6.08 Å². The van der Waals surface area contributed by atoms with Gasteiger partial charge in [0.1, 0.15) is 0 Å². The SMILES string of the molecule is [2H][C@](O)(/C=C\C/C=C\CCCCC(=O)OC)/C=C\CCCCC. The minimum atomic E-state index is -1.61. The highest BCUT2D eigenvalue weighted by Gasteiger charge is 1.97. The number of rotatable bonds is 13. The molecule has 22 heavy (non-hydrogen) atoms. The van der Waals surface area contributed by atoms with Crippen LogP contribution in [0.2, 0.25) is 0 Å². The van der Waals surface area contributed by atoms with E-state index in [1.165, 1.54) is 32.1 Å². The summed E-state index contributed by atoms with van der Waals surface area (Å²) in [7, 11) is 1.41. The van der Waals surface area contributed by atoms with Crippen LogP contribution in [-0.4, -0.2) is 24.3 Å². The largest absolute Gasteiger partial charge is 0.469 e. The Kier molecular flexibility index (Phi) is 13.6. The van der Waals surface area contributed by atoms with Gasteiger partial charge in [0.25, 0.3) is 0 Å². The van der Waals surface area contributed by atoms with Crippen molar-refractivity contribution in [1.82, 2.24) is 0 Å². The molecule has 0 fully saturated rings. The first-order valence-electron chi connectivity index (χ1n) is 8.81. The topological polar surface area (TPSA) is 46.5 Å². The maximum Gasteiger partial charge on any atom is 0.305 e. The van der Waals surface area contributed by atoms with Gasteiger partial charge in [-0.15, -0.1) is 0 Å². The normalized spacial score (nSPS) is 15.5. The van der Waals surface area contributed by atoms with Gasteiger partial charge in [-0.3, -0.25) is 4.79 Å². The average molecular weight is 309 g/mol. The molecular formula is C19H32O3. The lowest BCUT2D eigenvalue weighted by Gasteiger charge is -1.98. The summed E-state index contributed by atoms with van der Waals surface area (Å²) in [6, 6.07) is 0. The molecule has 3 nitrogen and oxygen atoms in total. The van der Waals surface area contributed by atoms with Gasteiger partial charge in [0.2, 0.25) is 0 Å². The molecule has 1 N–H and O–H groups in total. The first kappa shape index (κ1) is 18.7. The first-order chi connectivity index (χ1) is 11.0. The van der Waals surface area contributed by atoms with E-state index in [1.807, 2.05) is 12.2 Å². The number of unbranched alkanes of at least 4 members (excludes halogenated alkanes) is 5. The molecule has 0 saturated heterocycles. The Morgan fingerprint density at radius 1 is 1.09 bits per heavy atom. The van der Waals surface area contributed by atoms with Crippen molar-refractivity contribution < 1.29 is 16.0 Å². The molecule has 1 atom stereocenters. The van der Waals surface area contributed by atoms with E-state index in [0.717, 1.165) is 32.1 Å². The molecule has 0 aromatic carbocycles. The summed E-state index contributed by atoms with van der Waals surface area (Å²) in [5.41, 5.74) is 0. The van der Waals surface area contributed by atoms with Gasteiger partial charge in [-0.05, 0) is 38.5 Å². The number of ether oxygens (including phenoxy) is 1. The number of esters is 1. The molecule has 0 aromatic rings. The second-order valence-corrected chi connectivity index (χ2v) is 5.25. The Labute approximate surface area is 137 Å². The fourth-order valence-electron chi connectivity index (χ4n) is 1.89. The highest BCUT2D eigenvalue weighted by Crippen LogP contribution is 2.03. The van der Waals surface area contributed by atoms with Gasteiger partial charge in [-0.25, -0.2) is 0 Å². The third-order valence-corrected chi connectivity index (χ3v) is 3.22. The maximum atomic E-state index is 10.9. The van der Waals surface area contributed by atoms with Crippen LogP contribution in [0, 0.1) is 0 Å². The lowest BCUT2D eigenvalue weighted by Crippen LogP contribution is -1.98. The molecule has 0 aliphatic carbocycles. The highest BCUT2D eigenvalue weighted by molar-refractivity contribution is 5.68. The zero-order chi connectivity index (χ0) is 17.4. The van der Waals surface area contributed by atoms with Gasteiger partial charge in [0, 0.05) is 6.42 Å². The van der Waals surface area contributed by atoms with Crippen LogP contribution in [0.25, 0.3) is 0 Å². The van der Waals surface area contributed by atoms with Crippen molar-refractivity contribution in [3.05, 3.63) is 36.5 Å². The highest BCUT2D eigenvalue weighted by atomic mass is 16.5. The summed E-state index contributed by atoms with van der Waals surface area (Å²) in [5.74, 6) is -0.158. The Morgan fingerprint density at radius 2 is 1.77 bits per heavy atom. The van der Waals surface area contributed by atoms with E-state index in [4.69, 9.17) is 1.37 Å². The lowest BCUT2D eigenvalue weighted by atomic mass is 10.1. The minimum Gasteiger partial charge on any atom is -0.469 e. The fourth-order valence-corrected chi connectivity index (χ4v) is 1.89. The standard InChI is InChI=1S/C19H32O3/c1-3-4-5-9-12-15-18(20)16-13-10-7-6-8-11-14-17-19(21)22-2/h6-7,12-13,15-16,18,20H,3-5,8-11,14,17H2,1-2H3/b7-6-,15-12-,16-13-/t18-/m1/s1/i18D. The van der Waals surface area contributed by atoms with Crippen molar-refractivity contribution in [2.24, 2.45) is 0 Å². The number of carbonyl (C=O) groups excluding carboxylic acids is 1. The van der Waals surface area contributed by atoms with E-state index in [2.05, 4.69) is 17.7 Å². The molecule has 0 radical (unpaired) electrons. The first-order valence-corrected chi connectivity index (χ1v) is 8.31. The maximum absolute atomic E-state index is 10.9. The van der Waals surface area contributed by atoms with Gasteiger partial charge < -0.3 is 9.84 Å². The van der Waals surface area contributed by atoms with Crippen molar-refractivity contribution in [2.75, 3.05) is 7.11 Å². The smallest absolute Gasteiger partial charge is 0.305 e. The van der Waals surface area contributed by atoms with E-state index in [9.17, 15) is 9.90 Å². The number of aliphatic hydroxyl groups is 1. The quantitative estimate of drug-likeness (QED) is 0.304. The Morgan fingerprint density at radius 3 is 2.50 bits per heavy atom. The van der Waals surface area contributed by atoms with Crippen LogP contribution in [0.15, 0.2) is 36.5 Å². The molecular weight excluding hydrogens is 276 g/mol.